The van der Waals surface area contributed by atoms with Gasteiger partial charge in [0.1, 0.15) is 29.6 Å². The number of rotatable bonds is 13. The minimum Gasteiger partial charge on any atom is -0.497 e. The molecule has 0 spiro atoms. The highest BCUT2D eigenvalue weighted by Crippen LogP contribution is 2.34. The number of hydrogen-bond donors (Lipinski definition) is 3. The smallest absolute Gasteiger partial charge is 0.352 e. The molecule has 4 aromatic carbocycles. The Hall–Kier alpha value is -5.45. The van der Waals surface area contributed by atoms with Gasteiger partial charge in [0.25, 0.3) is 0 Å². The summed E-state index contributed by atoms with van der Waals surface area (Å²) < 4.78 is 32.9. The Labute approximate surface area is 250 Å². The van der Waals surface area contributed by atoms with Gasteiger partial charge in [-0.05, 0) is 42.3 Å². The van der Waals surface area contributed by atoms with Gasteiger partial charge in [0.2, 0.25) is 0 Å². The highest BCUT2D eigenvalue weighted by atomic mass is 16.7. The minimum atomic E-state index is -0.608. The summed E-state index contributed by atoms with van der Waals surface area (Å²) in [6.07, 6.45) is 0. The van der Waals surface area contributed by atoms with E-state index in [1.165, 1.54) is 14.2 Å². The zero-order chi connectivity index (χ0) is 30.8. The van der Waals surface area contributed by atoms with E-state index in [0.29, 0.717) is 57.3 Å². The third kappa shape index (κ3) is 8.29. The minimum absolute atomic E-state index is 0.251. The zero-order valence-electron chi connectivity index (χ0n) is 24.9. The van der Waals surface area contributed by atoms with Crippen LogP contribution in [0.5, 0.6) is 40.2 Å². The fourth-order valence-corrected chi connectivity index (χ4v) is 4.08. The van der Waals surface area contributed by atoms with E-state index in [4.69, 9.17) is 33.3 Å². The third-order valence-electron chi connectivity index (χ3n) is 6.25. The van der Waals surface area contributed by atoms with E-state index < -0.39 is 6.03 Å². The van der Waals surface area contributed by atoms with E-state index in [0.717, 1.165) is 11.1 Å². The van der Waals surface area contributed by atoms with Crippen molar-refractivity contribution in [3.8, 4) is 40.2 Å². The molecule has 11 nitrogen and oxygen atoms in total. The number of hydroxylamine groups is 1. The molecule has 3 N–H and O–H groups in total. The van der Waals surface area contributed by atoms with Crippen LogP contribution in [-0.2, 0) is 6.61 Å². The number of carbonyl (C=O) groups is 1. The monoisotopic (exact) mass is 589 g/mol. The first-order chi connectivity index (χ1) is 20.8. The first-order valence-corrected chi connectivity index (χ1v) is 13.2. The molecule has 0 radical (unpaired) electrons. The molecule has 43 heavy (non-hydrogen) atoms. The van der Waals surface area contributed by atoms with E-state index in [1.807, 2.05) is 49.4 Å². The van der Waals surface area contributed by atoms with Crippen LogP contribution in [0.1, 0.15) is 11.1 Å². The lowest BCUT2D eigenvalue weighted by Gasteiger charge is -2.17. The Morgan fingerprint density at radius 2 is 1.21 bits per heavy atom. The van der Waals surface area contributed by atoms with E-state index in [9.17, 15) is 4.79 Å². The summed E-state index contributed by atoms with van der Waals surface area (Å²) in [5.74, 6) is 3.85. The number of benzene rings is 4. The number of urea groups is 1. The first-order valence-electron chi connectivity index (χ1n) is 13.2. The number of anilines is 3. The van der Waals surface area contributed by atoms with Crippen LogP contribution in [0.4, 0.5) is 21.9 Å². The van der Waals surface area contributed by atoms with Gasteiger partial charge in [-0.3, -0.25) is 0 Å². The summed E-state index contributed by atoms with van der Waals surface area (Å²) in [6, 6.07) is 20.9. The van der Waals surface area contributed by atoms with Crippen LogP contribution in [0.3, 0.4) is 0 Å². The maximum Gasteiger partial charge on any atom is 0.352 e. The van der Waals surface area contributed by atoms with Gasteiger partial charge in [-0.2, -0.15) is 5.48 Å². The van der Waals surface area contributed by atoms with E-state index in [-0.39, 0.29) is 6.61 Å². The van der Waals surface area contributed by atoms with Crippen molar-refractivity contribution >= 4 is 23.1 Å². The Kier molecular flexibility index (Phi) is 10.2. The molecule has 0 aromatic heterocycles. The Morgan fingerprint density at radius 1 is 0.628 bits per heavy atom. The van der Waals surface area contributed by atoms with Gasteiger partial charge >= 0.3 is 6.03 Å². The Bertz CT molecular complexity index is 1520. The van der Waals surface area contributed by atoms with Gasteiger partial charge in [0.15, 0.2) is 17.2 Å². The highest BCUT2D eigenvalue weighted by molar-refractivity contribution is 5.89. The third-order valence-corrected chi connectivity index (χ3v) is 6.25. The largest absolute Gasteiger partial charge is 0.497 e. The molecule has 4 aromatic rings. The van der Waals surface area contributed by atoms with Crippen LogP contribution in [0.15, 0.2) is 72.8 Å². The normalized spacial score (nSPS) is 10.3. The molecule has 0 saturated heterocycles. The fourth-order valence-electron chi connectivity index (χ4n) is 4.08. The van der Waals surface area contributed by atoms with Crippen LogP contribution >= 0.6 is 0 Å². The highest BCUT2D eigenvalue weighted by Gasteiger charge is 2.13. The number of hydrogen-bond acceptors (Lipinski definition) is 9. The standard InChI is InChI=1S/C32H35N3O8/c1-20-7-9-30(31(11-20)41-6)42-19-21-8-10-29(28(12-21)33-22-13-24(37-2)17-25(14-22)38-3)43-35-32(36)34-23-15-26(39-4)18-27(16-23)40-5/h7-18,33H,19H2,1-6H3,(H2,34,35,36). The number of aryl methyl sites for hydroxylation is 1. The summed E-state index contributed by atoms with van der Waals surface area (Å²) in [6.45, 7) is 2.24. The SMILES string of the molecule is COc1cc(NC(=O)NOc2ccc(COc3ccc(C)cc3OC)cc2Nc2cc(OC)cc(OC)c2)cc(OC)c1. The second kappa shape index (κ2) is 14.4. The molecule has 4 rings (SSSR count). The summed E-state index contributed by atoms with van der Waals surface area (Å²) >= 11 is 0. The van der Waals surface area contributed by atoms with Crippen LogP contribution < -0.4 is 49.4 Å². The summed E-state index contributed by atoms with van der Waals surface area (Å²) in [5, 5.41) is 6.03. The topological polar surface area (TPSA) is 118 Å². The predicted octanol–water partition coefficient (Wildman–Crippen LogP) is 6.48. The van der Waals surface area contributed by atoms with Crippen LogP contribution in [-0.4, -0.2) is 41.6 Å². The molecule has 0 aliphatic heterocycles. The number of nitrogens with one attached hydrogen (secondary N) is 3. The summed E-state index contributed by atoms with van der Waals surface area (Å²) in [5.41, 5.74) is 6.00. The molecule has 226 valence electrons. The molecule has 0 bridgehead atoms. The van der Waals surface area contributed by atoms with E-state index in [2.05, 4.69) is 16.1 Å². The quantitative estimate of drug-likeness (QED) is 0.151. The van der Waals surface area contributed by atoms with E-state index in [1.54, 1.807) is 51.7 Å². The van der Waals surface area contributed by atoms with Crippen molar-refractivity contribution < 1.29 is 38.1 Å². The molecular weight excluding hydrogens is 554 g/mol. The lowest BCUT2D eigenvalue weighted by molar-refractivity contribution is 0.189. The van der Waals surface area contributed by atoms with Crippen LogP contribution in [0.2, 0.25) is 0 Å². The Balaban J connectivity index is 1.55. The second-order valence-electron chi connectivity index (χ2n) is 9.26. The fraction of sp³-hybridized carbons (Fsp3) is 0.219. The average molecular weight is 590 g/mol. The predicted molar refractivity (Wildman–Crippen MR) is 164 cm³/mol. The lowest BCUT2D eigenvalue weighted by atomic mass is 10.1. The maximum atomic E-state index is 12.7. The van der Waals surface area contributed by atoms with Crippen molar-refractivity contribution in [1.29, 1.82) is 0 Å². The lowest BCUT2D eigenvalue weighted by Crippen LogP contribution is -2.31. The molecule has 0 heterocycles. The summed E-state index contributed by atoms with van der Waals surface area (Å²) in [7, 11) is 7.81. The van der Waals surface area contributed by atoms with Gasteiger partial charge in [-0.15, -0.1) is 0 Å². The van der Waals surface area contributed by atoms with Gasteiger partial charge in [0.05, 0.1) is 41.2 Å². The molecule has 11 heteroatoms. The molecule has 2 amide bonds. The molecule has 0 aliphatic carbocycles. The van der Waals surface area contributed by atoms with Crippen molar-refractivity contribution in [2.45, 2.75) is 13.5 Å². The average Bonchev–Trinajstić information content (AvgIpc) is 3.03. The van der Waals surface area contributed by atoms with Crippen molar-refractivity contribution in [1.82, 2.24) is 5.48 Å². The Morgan fingerprint density at radius 3 is 1.79 bits per heavy atom. The van der Waals surface area contributed by atoms with Gasteiger partial charge in [-0.25, -0.2) is 4.79 Å². The number of methoxy groups -OCH3 is 5. The van der Waals surface area contributed by atoms with Crippen molar-refractivity contribution in [2.24, 2.45) is 0 Å². The van der Waals surface area contributed by atoms with Crippen LogP contribution in [0, 0.1) is 6.92 Å². The number of carbonyl (C=O) groups excluding carboxylic acids is 1. The van der Waals surface area contributed by atoms with Crippen molar-refractivity contribution in [3.05, 3.63) is 83.9 Å². The van der Waals surface area contributed by atoms with Crippen molar-refractivity contribution in [2.75, 3.05) is 46.2 Å². The summed E-state index contributed by atoms with van der Waals surface area (Å²) in [4.78, 5) is 18.4. The first kappa shape index (κ1) is 30.5. The number of ether oxygens (including phenoxy) is 6. The molecule has 0 saturated carbocycles. The van der Waals surface area contributed by atoms with E-state index >= 15 is 0 Å². The zero-order valence-corrected chi connectivity index (χ0v) is 24.9. The molecular formula is C32H35N3O8. The molecule has 0 aliphatic rings. The molecule has 0 atom stereocenters. The van der Waals surface area contributed by atoms with Crippen molar-refractivity contribution in [3.63, 3.8) is 0 Å². The molecule has 0 fully saturated rings. The van der Waals surface area contributed by atoms with Gasteiger partial charge in [0, 0.05) is 47.8 Å². The number of amides is 2. The van der Waals surface area contributed by atoms with Gasteiger partial charge < -0.3 is 43.9 Å². The van der Waals surface area contributed by atoms with Crippen LogP contribution in [0.25, 0.3) is 0 Å². The molecule has 0 unspecified atom stereocenters. The van der Waals surface area contributed by atoms with Gasteiger partial charge in [-0.1, -0.05) is 12.1 Å². The second-order valence-corrected chi connectivity index (χ2v) is 9.26. The maximum absolute atomic E-state index is 12.7.